The number of amides is 1. The van der Waals surface area contributed by atoms with E-state index in [-0.39, 0.29) is 21.8 Å². The molecule has 9 heteroatoms. The van der Waals surface area contributed by atoms with Gasteiger partial charge < -0.3 is 14.9 Å². The lowest BCUT2D eigenvalue weighted by atomic mass is 9.95. The number of hydrogen-bond donors (Lipinski definition) is 1. The Morgan fingerprint density at radius 3 is 2.12 bits per heavy atom. The van der Waals surface area contributed by atoms with Crippen molar-refractivity contribution in [2.45, 2.75) is 17.4 Å². The molecule has 0 radical (unpaired) electrons. The van der Waals surface area contributed by atoms with Gasteiger partial charge in [-0.2, -0.15) is 0 Å². The maximum Gasteiger partial charge on any atom is 0.295 e. The number of benzene rings is 2. The minimum atomic E-state index is -3.64. The second-order valence-corrected chi connectivity index (χ2v) is 10.5. The molecule has 1 aliphatic rings. The van der Waals surface area contributed by atoms with Crippen molar-refractivity contribution < 1.29 is 23.1 Å². The fourth-order valence-electron chi connectivity index (χ4n) is 3.80. The van der Waals surface area contributed by atoms with Crippen LogP contribution in [0.5, 0.6) is 0 Å². The standard InChI is InChI=1S/C24H29N3O5S/c1-25(2)15-8-16-27-21(17-9-6-5-7-10-17)20(23(29)24(27)30)22(28)18-11-13-19(14-12-18)33(31,32)26(3)4/h5-7,9-14,21,28H,8,15-16H2,1-4H3/b22-20+/t21-/m1/s1. The number of likely N-dealkylation sites (tertiary alicyclic amines) is 1. The summed E-state index contributed by atoms with van der Waals surface area (Å²) in [4.78, 5) is 29.5. The number of sulfonamides is 1. The van der Waals surface area contributed by atoms with Crippen LogP contribution in [0.15, 0.2) is 65.1 Å². The van der Waals surface area contributed by atoms with E-state index in [9.17, 15) is 23.1 Å². The number of ketones is 1. The molecule has 0 saturated carbocycles. The van der Waals surface area contributed by atoms with E-state index in [1.165, 1.54) is 43.3 Å². The highest BCUT2D eigenvalue weighted by Gasteiger charge is 2.45. The van der Waals surface area contributed by atoms with E-state index < -0.39 is 27.8 Å². The fourth-order valence-corrected chi connectivity index (χ4v) is 4.70. The highest BCUT2D eigenvalue weighted by molar-refractivity contribution is 7.89. The molecule has 1 aliphatic heterocycles. The Kier molecular flexibility index (Phi) is 7.36. The summed E-state index contributed by atoms with van der Waals surface area (Å²) in [5.41, 5.74) is 0.981. The summed E-state index contributed by atoms with van der Waals surface area (Å²) in [6.45, 7) is 1.10. The van der Waals surface area contributed by atoms with Gasteiger partial charge in [0.2, 0.25) is 10.0 Å². The third-order valence-corrected chi connectivity index (χ3v) is 7.40. The summed E-state index contributed by atoms with van der Waals surface area (Å²) in [6, 6.07) is 14.0. The third-order valence-electron chi connectivity index (χ3n) is 5.57. The lowest BCUT2D eigenvalue weighted by Crippen LogP contribution is -2.32. The Labute approximate surface area is 194 Å². The fraction of sp³-hybridized carbons (Fsp3) is 0.333. The summed E-state index contributed by atoms with van der Waals surface area (Å²) in [7, 11) is 3.09. The molecule has 0 bridgehead atoms. The van der Waals surface area contributed by atoms with Gasteiger partial charge in [-0.1, -0.05) is 30.3 Å². The Bertz CT molecular complexity index is 1160. The van der Waals surface area contributed by atoms with Crippen LogP contribution in [0.25, 0.3) is 5.76 Å². The number of hydrogen-bond acceptors (Lipinski definition) is 6. The van der Waals surface area contributed by atoms with Crippen molar-refractivity contribution in [1.82, 2.24) is 14.1 Å². The molecule has 0 aliphatic carbocycles. The van der Waals surface area contributed by atoms with E-state index in [0.29, 0.717) is 13.0 Å². The molecule has 2 aromatic rings. The second-order valence-electron chi connectivity index (χ2n) is 8.37. The first-order chi connectivity index (χ1) is 15.6. The zero-order chi connectivity index (χ0) is 24.3. The van der Waals surface area contributed by atoms with E-state index in [1.54, 1.807) is 0 Å². The quantitative estimate of drug-likeness (QED) is 0.360. The van der Waals surface area contributed by atoms with Gasteiger partial charge in [0, 0.05) is 26.2 Å². The van der Waals surface area contributed by atoms with E-state index in [1.807, 2.05) is 49.3 Å². The van der Waals surface area contributed by atoms with Crippen LogP contribution >= 0.6 is 0 Å². The maximum absolute atomic E-state index is 13.0. The van der Waals surface area contributed by atoms with Crippen LogP contribution in [0.3, 0.4) is 0 Å². The highest BCUT2D eigenvalue weighted by Crippen LogP contribution is 2.39. The van der Waals surface area contributed by atoms with Crippen LogP contribution in [0.2, 0.25) is 0 Å². The Hall–Kier alpha value is -3.01. The molecule has 0 spiro atoms. The van der Waals surface area contributed by atoms with E-state index in [2.05, 4.69) is 0 Å². The summed E-state index contributed by atoms with van der Waals surface area (Å²) in [5.74, 6) is -1.74. The van der Waals surface area contributed by atoms with Crippen LogP contribution in [0.4, 0.5) is 0 Å². The van der Waals surface area contributed by atoms with Crippen LogP contribution in [0.1, 0.15) is 23.6 Å². The average molecular weight is 472 g/mol. The van der Waals surface area contributed by atoms with E-state index >= 15 is 0 Å². The summed E-state index contributed by atoms with van der Waals surface area (Å²) in [6.07, 6.45) is 0.667. The molecule has 1 amide bonds. The molecular formula is C24H29N3O5S. The van der Waals surface area contributed by atoms with Gasteiger partial charge in [0.25, 0.3) is 11.7 Å². The zero-order valence-corrected chi connectivity index (χ0v) is 20.0. The van der Waals surface area contributed by atoms with Crippen molar-refractivity contribution in [3.63, 3.8) is 0 Å². The Balaban J connectivity index is 2.06. The Morgan fingerprint density at radius 2 is 1.58 bits per heavy atom. The summed E-state index contributed by atoms with van der Waals surface area (Å²) >= 11 is 0. The van der Waals surface area contributed by atoms with Gasteiger partial charge in [0.15, 0.2) is 0 Å². The van der Waals surface area contributed by atoms with Gasteiger partial charge in [-0.25, -0.2) is 12.7 Å². The van der Waals surface area contributed by atoms with Crippen LogP contribution in [-0.2, 0) is 19.6 Å². The number of carbonyl (C=O) groups excluding carboxylic acids is 2. The Morgan fingerprint density at radius 1 is 0.970 bits per heavy atom. The monoisotopic (exact) mass is 471 g/mol. The summed E-state index contributed by atoms with van der Waals surface area (Å²) in [5, 5.41) is 11.1. The van der Waals surface area contributed by atoms with Gasteiger partial charge in [0.1, 0.15) is 5.76 Å². The SMILES string of the molecule is CN(C)CCCN1C(=O)C(=O)/C(=C(/O)c2ccc(S(=O)(=O)N(C)C)cc2)[C@H]1c1ccccc1. The van der Waals surface area contributed by atoms with Crippen molar-refractivity contribution in [1.29, 1.82) is 0 Å². The minimum absolute atomic E-state index is 0.000676. The maximum atomic E-state index is 13.0. The number of Topliss-reactive ketones (excluding diaryl/α,β-unsaturated/α-hetero) is 1. The molecule has 3 rings (SSSR count). The molecule has 2 aromatic carbocycles. The first-order valence-corrected chi connectivity index (χ1v) is 12.0. The minimum Gasteiger partial charge on any atom is -0.507 e. The lowest BCUT2D eigenvalue weighted by molar-refractivity contribution is -0.139. The molecule has 1 atom stereocenters. The predicted molar refractivity (Wildman–Crippen MR) is 126 cm³/mol. The van der Waals surface area contributed by atoms with Crippen molar-refractivity contribution >= 4 is 27.5 Å². The van der Waals surface area contributed by atoms with Crippen LogP contribution < -0.4 is 0 Å². The largest absolute Gasteiger partial charge is 0.507 e. The molecule has 1 N–H and O–H groups in total. The average Bonchev–Trinajstić information content (AvgIpc) is 3.04. The smallest absolute Gasteiger partial charge is 0.295 e. The van der Waals surface area contributed by atoms with E-state index in [0.717, 1.165) is 16.4 Å². The molecule has 8 nitrogen and oxygen atoms in total. The number of nitrogens with zero attached hydrogens (tertiary/aromatic N) is 3. The zero-order valence-electron chi connectivity index (χ0n) is 19.2. The number of carbonyl (C=O) groups is 2. The van der Waals surface area contributed by atoms with Gasteiger partial charge in [-0.3, -0.25) is 9.59 Å². The molecule has 1 fully saturated rings. The van der Waals surface area contributed by atoms with Gasteiger partial charge >= 0.3 is 0 Å². The molecule has 1 saturated heterocycles. The van der Waals surface area contributed by atoms with Crippen molar-refractivity contribution in [3.05, 3.63) is 71.3 Å². The van der Waals surface area contributed by atoms with Crippen LogP contribution in [0, 0.1) is 0 Å². The lowest BCUT2D eigenvalue weighted by Gasteiger charge is -2.26. The molecule has 33 heavy (non-hydrogen) atoms. The van der Waals surface area contributed by atoms with Gasteiger partial charge in [0.05, 0.1) is 16.5 Å². The highest BCUT2D eigenvalue weighted by atomic mass is 32.2. The van der Waals surface area contributed by atoms with Crippen molar-refractivity contribution in [2.24, 2.45) is 0 Å². The number of aliphatic hydroxyl groups is 1. The van der Waals surface area contributed by atoms with Crippen molar-refractivity contribution in [3.8, 4) is 0 Å². The molecule has 0 aromatic heterocycles. The first-order valence-electron chi connectivity index (χ1n) is 10.6. The number of rotatable bonds is 8. The second kappa shape index (κ2) is 9.86. The van der Waals surface area contributed by atoms with Gasteiger partial charge in [-0.15, -0.1) is 0 Å². The topological polar surface area (TPSA) is 98.2 Å². The molecule has 176 valence electrons. The normalized spacial score (nSPS) is 18.5. The van der Waals surface area contributed by atoms with Crippen LogP contribution in [-0.4, -0.2) is 80.6 Å². The third kappa shape index (κ3) is 5.00. The van der Waals surface area contributed by atoms with E-state index in [4.69, 9.17) is 0 Å². The molecular weight excluding hydrogens is 442 g/mol. The summed E-state index contributed by atoms with van der Waals surface area (Å²) < 4.78 is 25.8. The van der Waals surface area contributed by atoms with Crippen molar-refractivity contribution in [2.75, 3.05) is 41.3 Å². The number of aliphatic hydroxyl groups excluding tert-OH is 1. The van der Waals surface area contributed by atoms with Gasteiger partial charge in [-0.05, 0) is 56.9 Å². The molecule has 1 heterocycles. The molecule has 0 unspecified atom stereocenters. The predicted octanol–water partition coefficient (Wildman–Crippen LogP) is 2.31. The first kappa shape index (κ1) is 24.6.